The molecule has 3 atom stereocenters. The van der Waals surface area contributed by atoms with E-state index >= 15 is 0 Å². The lowest BCUT2D eigenvalue weighted by Gasteiger charge is -2.36. The van der Waals surface area contributed by atoms with Gasteiger partial charge in [-0.15, -0.1) is 0 Å². The van der Waals surface area contributed by atoms with Crippen LogP contribution in [0.2, 0.25) is 0 Å². The van der Waals surface area contributed by atoms with Crippen LogP contribution in [-0.2, 0) is 18.4 Å². The van der Waals surface area contributed by atoms with Crippen molar-refractivity contribution < 1.29 is 9.59 Å². The molecule has 3 unspecified atom stereocenters. The van der Waals surface area contributed by atoms with Crippen molar-refractivity contribution in [2.24, 2.45) is 13.0 Å². The summed E-state index contributed by atoms with van der Waals surface area (Å²) in [5.74, 6) is -0.335. The molecule has 1 N–H and O–H groups in total. The van der Waals surface area contributed by atoms with Gasteiger partial charge >= 0.3 is 0 Å². The molecule has 0 bridgehead atoms. The Balaban J connectivity index is 1.34. The van der Waals surface area contributed by atoms with Gasteiger partial charge in [0.15, 0.2) is 0 Å². The van der Waals surface area contributed by atoms with Crippen LogP contribution < -0.4 is 5.32 Å². The number of rotatable bonds is 7. The molecule has 222 valence electrons. The Morgan fingerprint density at radius 1 is 0.841 bits per heavy atom. The van der Waals surface area contributed by atoms with Crippen molar-refractivity contribution in [1.82, 2.24) is 14.0 Å². The monoisotopic (exact) mass is 582 g/mol. The summed E-state index contributed by atoms with van der Waals surface area (Å²) < 4.78 is 4.49. The van der Waals surface area contributed by atoms with Crippen molar-refractivity contribution in [2.45, 2.75) is 52.7 Å². The second-order valence-electron chi connectivity index (χ2n) is 12.1. The molecule has 1 aliphatic heterocycles. The zero-order valence-corrected chi connectivity index (χ0v) is 26.0. The van der Waals surface area contributed by atoms with E-state index in [0.29, 0.717) is 5.56 Å². The third kappa shape index (κ3) is 4.08. The van der Waals surface area contributed by atoms with Crippen LogP contribution in [0.25, 0.3) is 32.7 Å². The van der Waals surface area contributed by atoms with Gasteiger partial charge in [-0.05, 0) is 61.7 Å². The Bertz CT molecular complexity index is 2080. The molecule has 0 fully saturated rings. The number of amides is 2. The largest absolute Gasteiger partial charge is 0.348 e. The lowest BCUT2D eigenvalue weighted by atomic mass is 9.91. The van der Waals surface area contributed by atoms with Gasteiger partial charge in [-0.2, -0.15) is 0 Å². The fourth-order valence-electron chi connectivity index (χ4n) is 7.38. The van der Waals surface area contributed by atoms with Crippen molar-refractivity contribution >= 4 is 50.2 Å². The normalized spacial score (nSPS) is 16.2. The zero-order chi connectivity index (χ0) is 30.7. The van der Waals surface area contributed by atoms with Crippen LogP contribution in [0, 0.1) is 12.8 Å². The Morgan fingerprint density at radius 3 is 2.25 bits per heavy atom. The lowest BCUT2D eigenvalue weighted by Crippen LogP contribution is -2.50. The first-order valence-electron chi connectivity index (χ1n) is 15.6. The number of hydrogen-bond donors (Lipinski definition) is 1. The maximum atomic E-state index is 14.5. The summed E-state index contributed by atoms with van der Waals surface area (Å²) in [6.45, 7) is 9.28. The number of fused-ring (bicyclic) bond motifs is 5. The molecule has 6 aromatic rings. The van der Waals surface area contributed by atoms with Gasteiger partial charge in [0.2, 0.25) is 5.91 Å². The molecule has 7 rings (SSSR count). The molecule has 44 heavy (non-hydrogen) atoms. The second kappa shape index (κ2) is 10.7. The average Bonchev–Trinajstić information content (AvgIpc) is 3.61. The van der Waals surface area contributed by atoms with Crippen molar-refractivity contribution in [1.29, 1.82) is 0 Å². The van der Waals surface area contributed by atoms with Crippen molar-refractivity contribution in [3.8, 4) is 0 Å². The topological polar surface area (TPSA) is 59.3 Å². The summed E-state index contributed by atoms with van der Waals surface area (Å²) in [7, 11) is 2.07. The highest BCUT2D eigenvalue weighted by Crippen LogP contribution is 2.45. The minimum Gasteiger partial charge on any atom is -0.348 e. The molecule has 6 heteroatoms. The highest BCUT2D eigenvalue weighted by molar-refractivity contribution is 6.10. The van der Waals surface area contributed by atoms with Crippen LogP contribution >= 0.6 is 0 Å². The number of para-hydroxylation sites is 2. The smallest absolute Gasteiger partial charge is 0.255 e. The van der Waals surface area contributed by atoms with E-state index in [0.717, 1.165) is 62.7 Å². The summed E-state index contributed by atoms with van der Waals surface area (Å²) in [6, 6.07) is 29.7. The molecule has 2 amide bonds. The fraction of sp³-hybridized carbons (Fsp3) is 0.263. The SMILES string of the molecule is CCC(C)C(C(=O)Nc1ccc2c(c1)c1ccccc1n2CC)N1C(=O)c2ccccc2C1c1c(C)n(C)c2ccccc12. The third-order valence-electron chi connectivity index (χ3n) is 9.83. The Labute approximate surface area is 257 Å². The van der Waals surface area contributed by atoms with Gasteiger partial charge in [-0.1, -0.05) is 74.9 Å². The summed E-state index contributed by atoms with van der Waals surface area (Å²) in [5, 5.41) is 6.62. The molecule has 2 aromatic heterocycles. The summed E-state index contributed by atoms with van der Waals surface area (Å²) >= 11 is 0. The van der Waals surface area contributed by atoms with E-state index in [9.17, 15) is 9.59 Å². The molecular weight excluding hydrogens is 544 g/mol. The predicted molar refractivity (Wildman–Crippen MR) is 179 cm³/mol. The molecule has 1 aliphatic rings. The minimum absolute atomic E-state index is 0.0724. The maximum absolute atomic E-state index is 14.5. The lowest BCUT2D eigenvalue weighted by molar-refractivity contribution is -0.122. The summed E-state index contributed by atoms with van der Waals surface area (Å²) in [6.07, 6.45) is 0.752. The molecule has 3 heterocycles. The molecule has 0 saturated heterocycles. The van der Waals surface area contributed by atoms with Gasteiger partial charge in [0.05, 0.1) is 6.04 Å². The second-order valence-corrected chi connectivity index (χ2v) is 12.1. The van der Waals surface area contributed by atoms with E-state index in [2.05, 4.69) is 97.7 Å². The number of hydrogen-bond acceptors (Lipinski definition) is 2. The number of nitrogens with one attached hydrogen (secondary N) is 1. The Kier molecular flexibility index (Phi) is 6.80. The molecular formula is C38H38N4O2. The van der Waals surface area contributed by atoms with Crippen molar-refractivity contribution in [3.05, 3.63) is 113 Å². The molecule has 0 spiro atoms. The van der Waals surface area contributed by atoms with Crippen LogP contribution in [0.15, 0.2) is 91.0 Å². The predicted octanol–water partition coefficient (Wildman–Crippen LogP) is 8.21. The zero-order valence-electron chi connectivity index (χ0n) is 26.0. The number of carbonyl (C=O) groups is 2. The van der Waals surface area contributed by atoms with E-state index in [1.165, 1.54) is 5.52 Å². The van der Waals surface area contributed by atoms with E-state index in [1.54, 1.807) is 0 Å². The van der Waals surface area contributed by atoms with Crippen LogP contribution in [0.4, 0.5) is 5.69 Å². The van der Waals surface area contributed by atoms with Crippen molar-refractivity contribution in [2.75, 3.05) is 5.32 Å². The van der Waals surface area contributed by atoms with Crippen LogP contribution in [-0.4, -0.2) is 31.9 Å². The first-order chi connectivity index (χ1) is 21.3. The minimum atomic E-state index is -0.670. The van der Waals surface area contributed by atoms with Crippen LogP contribution in [0.5, 0.6) is 0 Å². The van der Waals surface area contributed by atoms with Gasteiger partial charge in [-0.3, -0.25) is 9.59 Å². The molecule has 0 radical (unpaired) electrons. The maximum Gasteiger partial charge on any atom is 0.255 e. The van der Waals surface area contributed by atoms with Crippen LogP contribution in [0.1, 0.15) is 60.4 Å². The number of anilines is 1. The number of nitrogens with zero attached hydrogens (tertiary/aromatic N) is 3. The standard InChI is InChI=1S/C38H38N4O2/c1-6-23(3)35(37(43)39-25-20-21-33-30(22-25)26-14-10-13-19-32(26)41(33)7-2)42-36(27-15-8-9-16-28(27)38(42)44)34-24(4)40(5)31-18-12-11-17-29(31)34/h8-23,35-36H,6-7H2,1-5H3,(H,39,43). The molecule has 0 aliphatic carbocycles. The van der Waals surface area contributed by atoms with Gasteiger partial charge < -0.3 is 19.4 Å². The van der Waals surface area contributed by atoms with Gasteiger partial charge in [0.25, 0.3) is 5.91 Å². The molecule has 4 aromatic carbocycles. The number of aryl methyl sites for hydroxylation is 2. The summed E-state index contributed by atoms with van der Waals surface area (Å²) in [5.41, 5.74) is 7.95. The van der Waals surface area contributed by atoms with Crippen molar-refractivity contribution in [3.63, 3.8) is 0 Å². The van der Waals surface area contributed by atoms with Gasteiger partial charge in [0, 0.05) is 68.8 Å². The fourth-order valence-corrected chi connectivity index (χ4v) is 7.38. The highest BCUT2D eigenvalue weighted by atomic mass is 16.2. The highest BCUT2D eigenvalue weighted by Gasteiger charge is 2.47. The van der Waals surface area contributed by atoms with E-state index in [1.807, 2.05) is 47.4 Å². The van der Waals surface area contributed by atoms with Gasteiger partial charge in [0.1, 0.15) is 6.04 Å². The Hall–Kier alpha value is -4.84. The average molecular weight is 583 g/mol. The van der Waals surface area contributed by atoms with E-state index in [4.69, 9.17) is 0 Å². The summed E-state index contributed by atoms with van der Waals surface area (Å²) in [4.78, 5) is 30.7. The quantitative estimate of drug-likeness (QED) is 0.206. The number of carbonyl (C=O) groups excluding carboxylic acids is 2. The van der Waals surface area contributed by atoms with E-state index in [-0.39, 0.29) is 23.8 Å². The third-order valence-corrected chi connectivity index (χ3v) is 9.83. The van der Waals surface area contributed by atoms with Gasteiger partial charge in [-0.25, -0.2) is 0 Å². The molecule has 0 saturated carbocycles. The van der Waals surface area contributed by atoms with Crippen LogP contribution in [0.3, 0.4) is 0 Å². The Morgan fingerprint density at radius 2 is 1.50 bits per heavy atom. The number of benzene rings is 4. The number of aromatic nitrogens is 2. The first-order valence-corrected chi connectivity index (χ1v) is 15.6. The first kappa shape index (κ1) is 28.0. The molecule has 6 nitrogen and oxygen atoms in total. The van der Waals surface area contributed by atoms with E-state index < -0.39 is 6.04 Å².